The first-order chi connectivity index (χ1) is 14.9. The summed E-state index contributed by atoms with van der Waals surface area (Å²) in [6.45, 7) is 19.8. The maximum Gasteiger partial charge on any atom is 0.0594 e. The van der Waals surface area contributed by atoms with Gasteiger partial charge in [-0.05, 0) is 128 Å². The van der Waals surface area contributed by atoms with Gasteiger partial charge in [0, 0.05) is 0 Å². The van der Waals surface area contributed by atoms with E-state index in [-0.39, 0.29) is 11.5 Å². The zero-order chi connectivity index (χ0) is 23.3. The Morgan fingerprint density at radius 1 is 0.844 bits per heavy atom. The summed E-state index contributed by atoms with van der Waals surface area (Å²) in [6, 6.07) is 0. The second-order valence-electron chi connectivity index (χ2n) is 14.8. The molecule has 0 aromatic carbocycles. The Morgan fingerprint density at radius 2 is 1.50 bits per heavy atom. The summed E-state index contributed by atoms with van der Waals surface area (Å²) in [5.74, 6) is 4.06. The van der Waals surface area contributed by atoms with Gasteiger partial charge < -0.3 is 5.11 Å². The lowest BCUT2D eigenvalue weighted by atomic mass is 9.41. The summed E-state index contributed by atoms with van der Waals surface area (Å²) in [5.41, 5.74) is 3.92. The Balaban J connectivity index is 1.41. The van der Waals surface area contributed by atoms with E-state index in [0.29, 0.717) is 27.6 Å². The van der Waals surface area contributed by atoms with Gasteiger partial charge in [-0.1, -0.05) is 60.1 Å². The summed E-state index contributed by atoms with van der Waals surface area (Å²) in [5, 5.41) is 10.9. The number of hydrogen-bond acceptors (Lipinski definition) is 1. The Bertz CT molecular complexity index is 792. The van der Waals surface area contributed by atoms with Crippen LogP contribution in [-0.2, 0) is 0 Å². The molecule has 5 aliphatic rings. The molecule has 0 aromatic heterocycles. The van der Waals surface area contributed by atoms with Crippen LogP contribution in [0.15, 0.2) is 11.6 Å². The molecule has 1 N–H and O–H groups in total. The highest BCUT2D eigenvalue weighted by Gasteiger charge is 2.82. The van der Waals surface area contributed by atoms with Crippen LogP contribution in [-0.4, -0.2) is 11.2 Å². The average molecular weight is 441 g/mol. The Hall–Kier alpha value is -0.300. The van der Waals surface area contributed by atoms with Crippen molar-refractivity contribution in [1.29, 1.82) is 0 Å². The average Bonchev–Trinajstić information content (AvgIpc) is 3.31. The van der Waals surface area contributed by atoms with Gasteiger partial charge in [0.2, 0.25) is 0 Å². The molecule has 5 fully saturated rings. The molecule has 182 valence electrons. The third kappa shape index (κ3) is 2.73. The maximum absolute atomic E-state index is 10.9. The molecule has 0 unspecified atom stereocenters. The molecule has 32 heavy (non-hydrogen) atoms. The molecular weight excluding hydrogens is 388 g/mol. The summed E-state index contributed by atoms with van der Waals surface area (Å²) >= 11 is 0. The molecule has 0 aliphatic heterocycles. The monoisotopic (exact) mass is 440 g/mol. The highest BCUT2D eigenvalue weighted by molar-refractivity contribution is 5.30. The van der Waals surface area contributed by atoms with Gasteiger partial charge in [0.15, 0.2) is 0 Å². The minimum absolute atomic E-state index is 0.0872. The standard InChI is InChI=1S/C31H52O/c1-20(2)21(3)9-10-22(4)23-13-15-29(8)25-12-11-24-27(5,6)26(32)14-16-30(24)19-31(25,30)18-17-28(23,29)7/h9,20,22-26,32H,10-19H2,1-8H3/b21-9-/t22-,23-,24+,25+,26+,28-,29+,30-,31+/m1/s1. The molecule has 2 spiro atoms. The van der Waals surface area contributed by atoms with Gasteiger partial charge in [-0.2, -0.15) is 0 Å². The molecule has 0 heterocycles. The fourth-order valence-corrected chi connectivity index (χ4v) is 11.1. The van der Waals surface area contributed by atoms with Crippen molar-refractivity contribution in [3.05, 3.63) is 11.6 Å². The molecule has 0 amide bonds. The Morgan fingerprint density at radius 3 is 2.19 bits per heavy atom. The van der Waals surface area contributed by atoms with E-state index in [0.717, 1.165) is 30.1 Å². The van der Waals surface area contributed by atoms with E-state index in [2.05, 4.69) is 61.5 Å². The van der Waals surface area contributed by atoms with Gasteiger partial charge in [-0.3, -0.25) is 0 Å². The predicted molar refractivity (Wildman–Crippen MR) is 135 cm³/mol. The van der Waals surface area contributed by atoms with Crippen LogP contribution in [0.4, 0.5) is 0 Å². The van der Waals surface area contributed by atoms with E-state index in [1.807, 2.05) is 0 Å². The van der Waals surface area contributed by atoms with Crippen LogP contribution >= 0.6 is 0 Å². The molecule has 5 aliphatic carbocycles. The molecule has 5 saturated carbocycles. The summed E-state index contributed by atoms with van der Waals surface area (Å²) in [7, 11) is 0. The first-order valence-corrected chi connectivity index (χ1v) is 14.2. The normalized spacial score (nSPS) is 52.6. The van der Waals surface area contributed by atoms with Crippen LogP contribution in [0.3, 0.4) is 0 Å². The smallest absolute Gasteiger partial charge is 0.0594 e. The van der Waals surface area contributed by atoms with E-state index in [4.69, 9.17) is 0 Å². The van der Waals surface area contributed by atoms with Crippen LogP contribution in [0.25, 0.3) is 0 Å². The van der Waals surface area contributed by atoms with Gasteiger partial charge >= 0.3 is 0 Å². The Labute approximate surface area is 199 Å². The third-order valence-electron chi connectivity index (χ3n) is 13.6. The van der Waals surface area contributed by atoms with Crippen LogP contribution < -0.4 is 0 Å². The van der Waals surface area contributed by atoms with Crippen LogP contribution in [0.2, 0.25) is 0 Å². The van der Waals surface area contributed by atoms with Crippen molar-refractivity contribution in [2.24, 2.45) is 56.7 Å². The fourth-order valence-electron chi connectivity index (χ4n) is 11.1. The summed E-state index contributed by atoms with van der Waals surface area (Å²) in [4.78, 5) is 0. The fraction of sp³-hybridized carbons (Fsp3) is 0.935. The number of allylic oxidation sites excluding steroid dienone is 2. The zero-order valence-electron chi connectivity index (χ0n) is 22.6. The first kappa shape index (κ1) is 23.4. The minimum Gasteiger partial charge on any atom is -0.393 e. The first-order valence-electron chi connectivity index (χ1n) is 14.2. The third-order valence-corrected chi connectivity index (χ3v) is 13.6. The number of fused-ring (bicyclic) bond motifs is 2. The molecular formula is C31H52O. The van der Waals surface area contributed by atoms with Gasteiger partial charge in [0.25, 0.3) is 0 Å². The van der Waals surface area contributed by atoms with E-state index in [9.17, 15) is 5.11 Å². The van der Waals surface area contributed by atoms with Crippen molar-refractivity contribution in [3.8, 4) is 0 Å². The molecule has 0 bridgehead atoms. The quantitative estimate of drug-likeness (QED) is 0.435. The number of aliphatic hydroxyl groups is 1. The highest BCUT2D eigenvalue weighted by Crippen LogP contribution is 2.89. The lowest BCUT2D eigenvalue weighted by Gasteiger charge is -2.63. The molecule has 0 aromatic rings. The highest BCUT2D eigenvalue weighted by atomic mass is 16.3. The van der Waals surface area contributed by atoms with Crippen molar-refractivity contribution in [1.82, 2.24) is 0 Å². The topological polar surface area (TPSA) is 20.2 Å². The van der Waals surface area contributed by atoms with Crippen LogP contribution in [0, 0.1) is 56.7 Å². The molecule has 5 rings (SSSR count). The molecule has 0 radical (unpaired) electrons. The summed E-state index contributed by atoms with van der Waals surface area (Å²) in [6.07, 6.45) is 16.3. The number of aliphatic hydroxyl groups excluding tert-OH is 1. The number of hydrogen-bond donors (Lipinski definition) is 1. The SMILES string of the molecule is C/C(=C/C[C@@H](C)[C@H]1CC[C@@]2(C)[C@@H]3CC[C@H]4C(C)(C)[C@@H](O)CC[C@@]45C[C@@]35CC[C@]12C)C(C)C. The predicted octanol–water partition coefficient (Wildman–Crippen LogP) is 8.41. The van der Waals surface area contributed by atoms with Crippen molar-refractivity contribution < 1.29 is 5.11 Å². The van der Waals surface area contributed by atoms with Crippen molar-refractivity contribution >= 4 is 0 Å². The van der Waals surface area contributed by atoms with Crippen LogP contribution in [0.1, 0.15) is 120 Å². The Kier molecular flexibility index (Phi) is 5.21. The van der Waals surface area contributed by atoms with Gasteiger partial charge in [-0.25, -0.2) is 0 Å². The maximum atomic E-state index is 10.9. The van der Waals surface area contributed by atoms with E-state index >= 15 is 0 Å². The molecule has 1 nitrogen and oxygen atoms in total. The zero-order valence-corrected chi connectivity index (χ0v) is 22.6. The minimum atomic E-state index is -0.0872. The number of rotatable bonds is 4. The van der Waals surface area contributed by atoms with Crippen LogP contribution in [0.5, 0.6) is 0 Å². The molecule has 1 heteroatoms. The largest absolute Gasteiger partial charge is 0.393 e. The van der Waals surface area contributed by atoms with E-state index in [1.165, 1.54) is 57.8 Å². The van der Waals surface area contributed by atoms with Crippen molar-refractivity contribution in [3.63, 3.8) is 0 Å². The second-order valence-corrected chi connectivity index (χ2v) is 14.8. The second kappa shape index (κ2) is 7.11. The van der Waals surface area contributed by atoms with E-state index in [1.54, 1.807) is 5.57 Å². The van der Waals surface area contributed by atoms with E-state index < -0.39 is 0 Å². The lowest BCUT2D eigenvalue weighted by molar-refractivity contribution is -0.161. The summed E-state index contributed by atoms with van der Waals surface area (Å²) < 4.78 is 0. The van der Waals surface area contributed by atoms with Crippen molar-refractivity contribution in [2.45, 2.75) is 126 Å². The molecule has 9 atom stereocenters. The van der Waals surface area contributed by atoms with Crippen molar-refractivity contribution in [2.75, 3.05) is 0 Å². The van der Waals surface area contributed by atoms with Gasteiger partial charge in [-0.15, -0.1) is 0 Å². The lowest BCUT2D eigenvalue weighted by Crippen LogP contribution is -2.57. The van der Waals surface area contributed by atoms with Gasteiger partial charge in [0.05, 0.1) is 6.10 Å². The molecule has 0 saturated heterocycles. The van der Waals surface area contributed by atoms with Gasteiger partial charge in [0.1, 0.15) is 0 Å².